The Morgan fingerprint density at radius 2 is 2.13 bits per heavy atom. The lowest BCUT2D eigenvalue weighted by atomic mass is 10.2. The number of nitrogens with zero attached hydrogens (tertiary/aromatic N) is 3. The van der Waals surface area contributed by atoms with Crippen molar-refractivity contribution in [2.24, 2.45) is 0 Å². The minimum atomic E-state index is -0.225. The quantitative estimate of drug-likeness (QED) is 0.736. The Morgan fingerprint density at radius 1 is 1.47 bits per heavy atom. The molecule has 0 amide bonds. The summed E-state index contributed by atoms with van der Waals surface area (Å²) < 4.78 is 0. The van der Waals surface area contributed by atoms with E-state index in [0.29, 0.717) is 11.4 Å². The number of hydrogen-bond donors (Lipinski definition) is 2. The number of likely N-dealkylation sites (N-methyl/N-ethyl adjacent to an activating group) is 1. The zero-order chi connectivity index (χ0) is 11.4. The summed E-state index contributed by atoms with van der Waals surface area (Å²) in [5.41, 5.74) is 0.474. The molecule has 0 fully saturated rings. The average molecular weight is 232 g/mol. The van der Waals surface area contributed by atoms with Crippen LogP contribution in [0.3, 0.4) is 0 Å². The molecule has 5 nitrogen and oxygen atoms in total. The molecule has 6 heteroatoms. The summed E-state index contributed by atoms with van der Waals surface area (Å²) >= 11 is 5.82. The molecule has 0 aliphatic carbocycles. The second-order valence-electron chi connectivity index (χ2n) is 3.27. The van der Waals surface area contributed by atoms with E-state index in [1.165, 1.54) is 6.33 Å². The summed E-state index contributed by atoms with van der Waals surface area (Å²) in [6.45, 7) is 1.62. The monoisotopic (exact) mass is 231 g/mol. The molecule has 1 unspecified atom stereocenters. The van der Waals surface area contributed by atoms with E-state index in [1.807, 2.05) is 6.92 Å². The lowest BCUT2D eigenvalue weighted by Crippen LogP contribution is -2.33. The molecule has 0 bridgehead atoms. The number of aromatic nitrogens is 2. The third-order valence-corrected chi connectivity index (χ3v) is 2.61. The Labute approximate surface area is 93.3 Å². The highest BCUT2D eigenvalue weighted by Crippen LogP contribution is 2.23. The van der Waals surface area contributed by atoms with Crippen molar-refractivity contribution in [2.45, 2.75) is 19.6 Å². The molecule has 1 aromatic rings. The zero-order valence-electron chi connectivity index (χ0n) is 8.68. The van der Waals surface area contributed by atoms with E-state index in [0.717, 1.165) is 0 Å². The van der Waals surface area contributed by atoms with Gasteiger partial charge in [0.25, 0.3) is 0 Å². The fourth-order valence-corrected chi connectivity index (χ4v) is 1.34. The summed E-state index contributed by atoms with van der Waals surface area (Å²) in [7, 11) is 1.78. The first-order valence-electron chi connectivity index (χ1n) is 4.55. The van der Waals surface area contributed by atoms with Gasteiger partial charge in [-0.1, -0.05) is 11.6 Å². The molecular formula is C9H14ClN3O2. The van der Waals surface area contributed by atoms with Crippen LogP contribution in [0.2, 0.25) is 5.15 Å². The summed E-state index contributed by atoms with van der Waals surface area (Å²) in [6.07, 6.45) is 1.33. The van der Waals surface area contributed by atoms with Crippen LogP contribution in [0.15, 0.2) is 6.33 Å². The molecule has 0 aliphatic heterocycles. The largest absolute Gasteiger partial charge is 0.394 e. The summed E-state index contributed by atoms with van der Waals surface area (Å²) in [5.74, 6) is 0.541. The SMILES string of the molecule is CC(CO)N(C)c1ncnc(Cl)c1CO. The molecule has 0 saturated carbocycles. The van der Waals surface area contributed by atoms with Gasteiger partial charge in [0.1, 0.15) is 17.3 Å². The van der Waals surface area contributed by atoms with E-state index in [2.05, 4.69) is 9.97 Å². The van der Waals surface area contributed by atoms with E-state index in [9.17, 15) is 0 Å². The van der Waals surface area contributed by atoms with E-state index in [4.69, 9.17) is 21.8 Å². The third-order valence-electron chi connectivity index (χ3n) is 2.29. The van der Waals surface area contributed by atoms with Crippen LogP contribution in [-0.2, 0) is 6.61 Å². The fourth-order valence-electron chi connectivity index (χ4n) is 1.15. The van der Waals surface area contributed by atoms with Gasteiger partial charge in [-0.15, -0.1) is 0 Å². The molecule has 0 radical (unpaired) electrons. The van der Waals surface area contributed by atoms with Gasteiger partial charge < -0.3 is 15.1 Å². The van der Waals surface area contributed by atoms with Gasteiger partial charge in [-0.25, -0.2) is 9.97 Å². The highest BCUT2D eigenvalue weighted by atomic mass is 35.5. The molecule has 1 atom stereocenters. The average Bonchev–Trinajstić information content (AvgIpc) is 2.26. The maximum atomic E-state index is 9.15. The topological polar surface area (TPSA) is 69.5 Å². The lowest BCUT2D eigenvalue weighted by Gasteiger charge is -2.25. The van der Waals surface area contributed by atoms with Crippen LogP contribution in [0, 0.1) is 0 Å². The molecular weight excluding hydrogens is 218 g/mol. The molecule has 15 heavy (non-hydrogen) atoms. The Hall–Kier alpha value is -0.910. The van der Waals surface area contributed by atoms with Crippen molar-refractivity contribution in [1.29, 1.82) is 0 Å². The van der Waals surface area contributed by atoms with Gasteiger partial charge in [-0.05, 0) is 6.92 Å². The van der Waals surface area contributed by atoms with E-state index < -0.39 is 0 Å². The summed E-state index contributed by atoms with van der Waals surface area (Å²) in [4.78, 5) is 9.57. The lowest BCUT2D eigenvalue weighted by molar-refractivity contribution is 0.266. The summed E-state index contributed by atoms with van der Waals surface area (Å²) in [5, 5.41) is 18.4. The van der Waals surface area contributed by atoms with Crippen LogP contribution in [0.25, 0.3) is 0 Å². The molecule has 1 aromatic heterocycles. The van der Waals surface area contributed by atoms with Crippen molar-refractivity contribution in [3.05, 3.63) is 17.0 Å². The van der Waals surface area contributed by atoms with Gasteiger partial charge in [0.2, 0.25) is 0 Å². The normalized spacial score (nSPS) is 12.6. The van der Waals surface area contributed by atoms with Gasteiger partial charge >= 0.3 is 0 Å². The van der Waals surface area contributed by atoms with Crippen LogP contribution in [0.5, 0.6) is 0 Å². The standard InChI is InChI=1S/C9H14ClN3O2/c1-6(3-14)13(2)9-7(4-15)8(10)11-5-12-9/h5-6,14-15H,3-4H2,1-2H3. The van der Waals surface area contributed by atoms with Gasteiger partial charge in [0, 0.05) is 7.05 Å². The molecule has 0 aliphatic rings. The van der Waals surface area contributed by atoms with Gasteiger partial charge in [-0.2, -0.15) is 0 Å². The van der Waals surface area contributed by atoms with Crippen molar-refractivity contribution in [2.75, 3.05) is 18.6 Å². The number of halogens is 1. The second kappa shape index (κ2) is 5.25. The predicted octanol–water partition coefficient (Wildman–Crippen LogP) is 0.439. The number of aliphatic hydroxyl groups is 2. The first-order valence-corrected chi connectivity index (χ1v) is 4.93. The van der Waals surface area contributed by atoms with Crippen LogP contribution < -0.4 is 4.90 Å². The predicted molar refractivity (Wildman–Crippen MR) is 57.9 cm³/mol. The number of hydrogen-bond acceptors (Lipinski definition) is 5. The van der Waals surface area contributed by atoms with Crippen LogP contribution in [0.1, 0.15) is 12.5 Å². The van der Waals surface area contributed by atoms with E-state index in [-0.39, 0.29) is 24.4 Å². The fraction of sp³-hybridized carbons (Fsp3) is 0.556. The van der Waals surface area contributed by atoms with Gasteiger partial charge in [0.05, 0.1) is 24.8 Å². The van der Waals surface area contributed by atoms with Crippen LogP contribution in [-0.4, -0.2) is 39.9 Å². The molecule has 1 heterocycles. The molecule has 2 N–H and O–H groups in total. The number of rotatable bonds is 4. The highest BCUT2D eigenvalue weighted by molar-refractivity contribution is 6.30. The molecule has 84 valence electrons. The number of anilines is 1. The Balaban J connectivity index is 3.07. The van der Waals surface area contributed by atoms with Gasteiger partial charge in [0.15, 0.2) is 0 Å². The third kappa shape index (κ3) is 2.56. The van der Waals surface area contributed by atoms with E-state index >= 15 is 0 Å². The zero-order valence-corrected chi connectivity index (χ0v) is 9.44. The van der Waals surface area contributed by atoms with Crippen LogP contribution in [0.4, 0.5) is 5.82 Å². The maximum Gasteiger partial charge on any atom is 0.140 e. The first kappa shape index (κ1) is 12.2. The number of aliphatic hydroxyl groups excluding tert-OH is 2. The van der Waals surface area contributed by atoms with E-state index in [1.54, 1.807) is 11.9 Å². The Kier molecular flexibility index (Phi) is 4.26. The minimum Gasteiger partial charge on any atom is -0.394 e. The van der Waals surface area contributed by atoms with Crippen molar-refractivity contribution in [1.82, 2.24) is 9.97 Å². The molecule has 1 rings (SSSR count). The first-order chi connectivity index (χ1) is 7.11. The van der Waals surface area contributed by atoms with Crippen LogP contribution >= 0.6 is 11.6 Å². The van der Waals surface area contributed by atoms with Gasteiger partial charge in [-0.3, -0.25) is 0 Å². The molecule has 0 saturated heterocycles. The smallest absolute Gasteiger partial charge is 0.140 e. The molecule has 0 aromatic carbocycles. The Morgan fingerprint density at radius 3 is 2.67 bits per heavy atom. The summed E-state index contributed by atoms with van der Waals surface area (Å²) in [6, 6.07) is -0.0960. The van der Waals surface area contributed by atoms with Crippen molar-refractivity contribution < 1.29 is 10.2 Å². The second-order valence-corrected chi connectivity index (χ2v) is 3.63. The van der Waals surface area contributed by atoms with Crippen molar-refractivity contribution in [3.8, 4) is 0 Å². The Bertz CT molecular complexity index is 335. The van der Waals surface area contributed by atoms with Crippen molar-refractivity contribution >= 4 is 17.4 Å². The minimum absolute atomic E-state index is 0.00297. The van der Waals surface area contributed by atoms with Crippen molar-refractivity contribution in [3.63, 3.8) is 0 Å². The maximum absolute atomic E-state index is 9.15. The molecule has 0 spiro atoms. The highest BCUT2D eigenvalue weighted by Gasteiger charge is 2.16.